The summed E-state index contributed by atoms with van der Waals surface area (Å²) in [5.74, 6) is -0.659. The van der Waals surface area contributed by atoms with Gasteiger partial charge in [0.2, 0.25) is 0 Å². The number of hydrogen-bond acceptors (Lipinski definition) is 0. The van der Waals surface area contributed by atoms with Gasteiger partial charge in [-0.2, -0.15) is 13.2 Å². The van der Waals surface area contributed by atoms with Gasteiger partial charge in [0.15, 0.2) is 0 Å². The van der Waals surface area contributed by atoms with Crippen LogP contribution >= 0.6 is 0 Å². The van der Waals surface area contributed by atoms with E-state index in [4.69, 9.17) is 0 Å². The van der Waals surface area contributed by atoms with E-state index in [1.165, 1.54) is 0 Å². The molecule has 0 aliphatic heterocycles. The van der Waals surface area contributed by atoms with Crippen LogP contribution in [0.15, 0.2) is 42.5 Å². The highest BCUT2D eigenvalue weighted by atomic mass is 19.4. The second kappa shape index (κ2) is 4.44. The van der Waals surface area contributed by atoms with E-state index in [1.54, 1.807) is 31.2 Å². The molecule has 0 spiro atoms. The SMILES string of the molecule is Cc1cccc(-c2cc(C(F)(F)F)ccc2F)c1. The maximum Gasteiger partial charge on any atom is 0.416 e. The number of hydrogen-bond donors (Lipinski definition) is 0. The predicted molar refractivity (Wildman–Crippen MR) is 61.6 cm³/mol. The molecule has 2 aromatic carbocycles. The van der Waals surface area contributed by atoms with Crippen LogP contribution in [-0.4, -0.2) is 0 Å². The average Bonchev–Trinajstić information content (AvgIpc) is 2.28. The Labute approximate surface area is 102 Å². The van der Waals surface area contributed by atoms with E-state index in [2.05, 4.69) is 0 Å². The van der Waals surface area contributed by atoms with Crippen molar-refractivity contribution in [1.82, 2.24) is 0 Å². The molecule has 0 fully saturated rings. The van der Waals surface area contributed by atoms with Crippen LogP contribution in [0.5, 0.6) is 0 Å². The highest BCUT2D eigenvalue weighted by Crippen LogP contribution is 2.33. The van der Waals surface area contributed by atoms with Crippen LogP contribution in [0.4, 0.5) is 17.6 Å². The van der Waals surface area contributed by atoms with Gasteiger partial charge in [0, 0.05) is 5.56 Å². The zero-order valence-corrected chi connectivity index (χ0v) is 9.55. The average molecular weight is 254 g/mol. The molecule has 2 aromatic rings. The van der Waals surface area contributed by atoms with E-state index in [0.29, 0.717) is 5.56 Å². The van der Waals surface area contributed by atoms with Crippen molar-refractivity contribution in [3.05, 3.63) is 59.4 Å². The molecule has 0 unspecified atom stereocenters. The molecule has 0 saturated carbocycles. The molecule has 0 saturated heterocycles. The lowest BCUT2D eigenvalue weighted by molar-refractivity contribution is -0.137. The van der Waals surface area contributed by atoms with Crippen molar-refractivity contribution in [2.24, 2.45) is 0 Å². The number of rotatable bonds is 1. The van der Waals surface area contributed by atoms with Gasteiger partial charge >= 0.3 is 6.18 Å². The lowest BCUT2D eigenvalue weighted by Gasteiger charge is -2.10. The molecule has 2 rings (SSSR count). The van der Waals surface area contributed by atoms with Crippen LogP contribution in [-0.2, 0) is 6.18 Å². The normalized spacial score (nSPS) is 11.6. The number of alkyl halides is 3. The van der Waals surface area contributed by atoms with Crippen molar-refractivity contribution in [3.63, 3.8) is 0 Å². The van der Waals surface area contributed by atoms with Gasteiger partial charge in [-0.25, -0.2) is 4.39 Å². The molecule has 0 aliphatic carbocycles. The van der Waals surface area contributed by atoms with Crippen molar-refractivity contribution in [2.75, 3.05) is 0 Å². The second-order valence-electron chi connectivity index (χ2n) is 4.06. The Morgan fingerprint density at radius 3 is 2.28 bits per heavy atom. The molecule has 0 N–H and O–H groups in total. The molecular formula is C14H10F4. The molecule has 18 heavy (non-hydrogen) atoms. The third kappa shape index (κ3) is 2.53. The van der Waals surface area contributed by atoms with Gasteiger partial charge in [0.1, 0.15) is 5.82 Å². The molecule has 0 amide bonds. The van der Waals surface area contributed by atoms with E-state index < -0.39 is 17.6 Å². The van der Waals surface area contributed by atoms with Crippen molar-refractivity contribution in [1.29, 1.82) is 0 Å². The molecule has 0 atom stereocenters. The summed E-state index contributed by atoms with van der Waals surface area (Å²) in [6, 6.07) is 9.16. The zero-order chi connectivity index (χ0) is 13.3. The smallest absolute Gasteiger partial charge is 0.206 e. The van der Waals surface area contributed by atoms with Crippen LogP contribution in [0, 0.1) is 12.7 Å². The maximum atomic E-state index is 13.6. The highest BCUT2D eigenvalue weighted by Gasteiger charge is 2.31. The van der Waals surface area contributed by atoms with Crippen LogP contribution < -0.4 is 0 Å². The molecule has 0 radical (unpaired) electrons. The quantitative estimate of drug-likeness (QED) is 0.640. The molecular weight excluding hydrogens is 244 g/mol. The topological polar surface area (TPSA) is 0 Å². The fourth-order valence-electron chi connectivity index (χ4n) is 1.74. The zero-order valence-electron chi connectivity index (χ0n) is 9.55. The monoisotopic (exact) mass is 254 g/mol. The summed E-state index contributed by atoms with van der Waals surface area (Å²) < 4.78 is 51.3. The standard InChI is InChI=1S/C14H10F4/c1-9-3-2-4-10(7-9)12-8-11(14(16,17)18)5-6-13(12)15/h2-8H,1H3. The number of aryl methyl sites for hydroxylation is 1. The highest BCUT2D eigenvalue weighted by molar-refractivity contribution is 5.65. The summed E-state index contributed by atoms with van der Waals surface area (Å²) in [6.07, 6.45) is -4.47. The Balaban J connectivity index is 2.57. The van der Waals surface area contributed by atoms with Gasteiger partial charge in [-0.1, -0.05) is 29.8 Å². The Hall–Kier alpha value is -1.84. The number of halogens is 4. The van der Waals surface area contributed by atoms with Crippen molar-refractivity contribution in [2.45, 2.75) is 13.1 Å². The van der Waals surface area contributed by atoms with Gasteiger partial charge in [-0.15, -0.1) is 0 Å². The largest absolute Gasteiger partial charge is 0.416 e. The molecule has 94 valence electrons. The van der Waals surface area contributed by atoms with E-state index >= 15 is 0 Å². The lowest BCUT2D eigenvalue weighted by Crippen LogP contribution is -2.05. The summed E-state index contributed by atoms with van der Waals surface area (Å²) in [6.45, 7) is 1.80. The van der Waals surface area contributed by atoms with Crippen molar-refractivity contribution in [3.8, 4) is 11.1 Å². The summed E-state index contributed by atoms with van der Waals surface area (Å²) >= 11 is 0. The Kier molecular flexibility index (Phi) is 3.11. The van der Waals surface area contributed by atoms with Gasteiger partial charge in [-0.3, -0.25) is 0 Å². The Morgan fingerprint density at radius 1 is 0.944 bits per heavy atom. The van der Waals surface area contributed by atoms with Crippen LogP contribution in [0.2, 0.25) is 0 Å². The van der Waals surface area contributed by atoms with Crippen LogP contribution in [0.25, 0.3) is 11.1 Å². The van der Waals surface area contributed by atoms with Crippen LogP contribution in [0.1, 0.15) is 11.1 Å². The molecule has 0 aromatic heterocycles. The molecule has 4 heteroatoms. The van der Waals surface area contributed by atoms with Crippen molar-refractivity contribution < 1.29 is 17.6 Å². The molecule has 0 aliphatic rings. The third-order valence-corrected chi connectivity index (χ3v) is 2.62. The fraction of sp³-hybridized carbons (Fsp3) is 0.143. The van der Waals surface area contributed by atoms with E-state index in [9.17, 15) is 17.6 Å². The first-order valence-electron chi connectivity index (χ1n) is 5.32. The van der Waals surface area contributed by atoms with E-state index in [0.717, 1.165) is 23.8 Å². The predicted octanol–water partition coefficient (Wildman–Crippen LogP) is 4.82. The van der Waals surface area contributed by atoms with E-state index in [-0.39, 0.29) is 5.56 Å². The van der Waals surface area contributed by atoms with E-state index in [1.807, 2.05) is 0 Å². The Bertz CT molecular complexity index is 570. The summed E-state index contributed by atoms with van der Waals surface area (Å²) in [4.78, 5) is 0. The lowest BCUT2D eigenvalue weighted by atomic mass is 10.0. The third-order valence-electron chi connectivity index (χ3n) is 2.62. The van der Waals surface area contributed by atoms with Crippen molar-refractivity contribution >= 4 is 0 Å². The first kappa shape index (κ1) is 12.6. The summed E-state index contributed by atoms with van der Waals surface area (Å²) in [7, 11) is 0. The van der Waals surface area contributed by atoms with Gasteiger partial charge in [-0.05, 0) is 30.7 Å². The number of benzene rings is 2. The minimum Gasteiger partial charge on any atom is -0.206 e. The Morgan fingerprint density at radius 2 is 1.67 bits per heavy atom. The first-order chi connectivity index (χ1) is 8.38. The molecule has 0 heterocycles. The molecule has 0 bridgehead atoms. The maximum absolute atomic E-state index is 13.6. The molecule has 0 nitrogen and oxygen atoms in total. The van der Waals surface area contributed by atoms with Gasteiger partial charge in [0.05, 0.1) is 5.56 Å². The van der Waals surface area contributed by atoms with Gasteiger partial charge in [0.25, 0.3) is 0 Å². The fourth-order valence-corrected chi connectivity index (χ4v) is 1.74. The van der Waals surface area contributed by atoms with Crippen LogP contribution in [0.3, 0.4) is 0 Å². The second-order valence-corrected chi connectivity index (χ2v) is 4.06. The summed E-state index contributed by atoms with van der Waals surface area (Å²) in [5, 5.41) is 0. The van der Waals surface area contributed by atoms with Gasteiger partial charge < -0.3 is 0 Å². The minimum atomic E-state index is -4.47. The minimum absolute atomic E-state index is 0.0338. The first-order valence-corrected chi connectivity index (χ1v) is 5.32. The summed E-state index contributed by atoms with van der Waals surface area (Å²) in [5.41, 5.74) is 0.428.